The van der Waals surface area contributed by atoms with Gasteiger partial charge in [-0.05, 0) is 26.5 Å². The maximum Gasteiger partial charge on any atom is 0.232 e. The van der Waals surface area contributed by atoms with E-state index < -0.39 is 11.8 Å². The minimum atomic E-state index is -0.516. The number of hydrogen-bond donors (Lipinski definition) is 1. The summed E-state index contributed by atoms with van der Waals surface area (Å²) < 4.78 is 5.58. The fraction of sp³-hybridized carbons (Fsp3) is 0.909. The molecule has 2 aliphatic heterocycles. The van der Waals surface area contributed by atoms with E-state index in [2.05, 4.69) is 0 Å². The molecule has 4 nitrogen and oxygen atoms in total. The summed E-state index contributed by atoms with van der Waals surface area (Å²) in [5, 5.41) is 9.94. The van der Waals surface area contributed by atoms with Crippen LogP contribution in [0.15, 0.2) is 0 Å². The van der Waals surface area contributed by atoms with Crippen molar-refractivity contribution in [3.63, 3.8) is 0 Å². The van der Waals surface area contributed by atoms with E-state index in [4.69, 9.17) is 4.74 Å². The average molecular weight is 245 g/mol. The van der Waals surface area contributed by atoms with Crippen molar-refractivity contribution in [3.8, 4) is 0 Å². The van der Waals surface area contributed by atoms with Gasteiger partial charge in [0.05, 0.1) is 24.7 Å². The van der Waals surface area contributed by atoms with Gasteiger partial charge >= 0.3 is 0 Å². The van der Waals surface area contributed by atoms with Crippen molar-refractivity contribution in [1.82, 2.24) is 4.90 Å². The largest absolute Gasteiger partial charge is 0.391 e. The number of carbonyl (C=O) groups is 1. The Bertz CT molecular complexity index is 295. The fourth-order valence-electron chi connectivity index (χ4n) is 2.73. The Morgan fingerprint density at radius 3 is 3.00 bits per heavy atom. The van der Waals surface area contributed by atoms with E-state index in [9.17, 15) is 9.90 Å². The lowest BCUT2D eigenvalue weighted by molar-refractivity contribution is -0.240. The Labute approximate surface area is 100 Å². The van der Waals surface area contributed by atoms with Gasteiger partial charge in [0.15, 0.2) is 0 Å². The number of β-lactam (4-membered cyclic amide) rings is 1. The van der Waals surface area contributed by atoms with Crippen LogP contribution in [0.3, 0.4) is 0 Å². The van der Waals surface area contributed by atoms with Gasteiger partial charge in [0.2, 0.25) is 5.91 Å². The van der Waals surface area contributed by atoms with Gasteiger partial charge in [-0.2, -0.15) is 11.8 Å². The summed E-state index contributed by atoms with van der Waals surface area (Å²) in [4.78, 5) is 13.8. The molecule has 2 saturated heterocycles. The summed E-state index contributed by atoms with van der Waals surface area (Å²) in [6.45, 7) is 4.49. The second-order valence-electron chi connectivity index (χ2n) is 4.91. The number of thioether (sulfide) groups is 1. The van der Waals surface area contributed by atoms with E-state index in [0.717, 1.165) is 6.42 Å². The number of aliphatic hydroxyl groups is 1. The minimum absolute atomic E-state index is 0.0382. The molecule has 0 saturated carbocycles. The number of carbonyl (C=O) groups excluding carboxylic acids is 1. The van der Waals surface area contributed by atoms with Gasteiger partial charge in [0.25, 0.3) is 0 Å². The first-order valence-electron chi connectivity index (χ1n) is 5.63. The summed E-state index contributed by atoms with van der Waals surface area (Å²) in [6.07, 6.45) is 2.27. The number of nitrogens with zero attached hydrogens (tertiary/aromatic N) is 1. The van der Waals surface area contributed by atoms with E-state index in [0.29, 0.717) is 12.4 Å². The molecule has 2 heterocycles. The first-order valence-corrected chi connectivity index (χ1v) is 7.02. The first-order chi connectivity index (χ1) is 7.49. The SMILES string of the molecule is CSCC(O)[C@@H]1C(=O)N2[C@@H]1CCOC2(C)C. The molecule has 2 aliphatic rings. The Kier molecular flexibility index (Phi) is 3.20. The van der Waals surface area contributed by atoms with Crippen molar-refractivity contribution in [2.75, 3.05) is 18.6 Å². The first kappa shape index (κ1) is 12.2. The van der Waals surface area contributed by atoms with Gasteiger partial charge in [0.1, 0.15) is 5.72 Å². The van der Waals surface area contributed by atoms with Crippen LogP contribution in [-0.4, -0.2) is 52.4 Å². The van der Waals surface area contributed by atoms with E-state index in [1.165, 1.54) is 0 Å². The summed E-state index contributed by atoms with van der Waals surface area (Å²) in [5.41, 5.74) is -0.504. The molecular weight excluding hydrogens is 226 g/mol. The van der Waals surface area contributed by atoms with Crippen molar-refractivity contribution < 1.29 is 14.6 Å². The monoisotopic (exact) mass is 245 g/mol. The standard InChI is InChI=1S/C11H19NO3S/c1-11(2)12-7(4-5-15-11)9(10(12)14)8(13)6-16-3/h7-9,13H,4-6H2,1-3H3/t7-,8?,9-/m1/s1. The van der Waals surface area contributed by atoms with Crippen LogP contribution >= 0.6 is 11.8 Å². The zero-order valence-corrected chi connectivity index (χ0v) is 10.8. The number of hydrogen-bond acceptors (Lipinski definition) is 4. The molecular formula is C11H19NO3S. The third kappa shape index (κ3) is 1.75. The van der Waals surface area contributed by atoms with Gasteiger partial charge < -0.3 is 14.7 Å². The van der Waals surface area contributed by atoms with Crippen molar-refractivity contribution >= 4 is 17.7 Å². The van der Waals surface area contributed by atoms with Crippen LogP contribution in [0.5, 0.6) is 0 Å². The van der Waals surface area contributed by atoms with Gasteiger partial charge in [-0.3, -0.25) is 4.79 Å². The molecule has 0 aromatic carbocycles. The van der Waals surface area contributed by atoms with Gasteiger partial charge in [-0.25, -0.2) is 0 Å². The summed E-state index contributed by atoms with van der Waals surface area (Å²) >= 11 is 1.58. The summed E-state index contributed by atoms with van der Waals surface area (Å²) in [7, 11) is 0. The Balaban J connectivity index is 2.08. The number of aliphatic hydroxyl groups excluding tert-OH is 1. The second-order valence-corrected chi connectivity index (χ2v) is 5.82. The Hall–Kier alpha value is -0.260. The lowest BCUT2D eigenvalue weighted by Gasteiger charge is -2.58. The molecule has 0 aromatic heterocycles. The van der Waals surface area contributed by atoms with Crippen LogP contribution in [0.25, 0.3) is 0 Å². The van der Waals surface area contributed by atoms with Crippen LogP contribution in [0, 0.1) is 5.92 Å². The van der Waals surface area contributed by atoms with Crippen LogP contribution in [-0.2, 0) is 9.53 Å². The number of ether oxygens (including phenoxy) is 1. The van der Waals surface area contributed by atoms with Crippen molar-refractivity contribution in [2.24, 2.45) is 5.92 Å². The Morgan fingerprint density at radius 1 is 1.69 bits per heavy atom. The van der Waals surface area contributed by atoms with Crippen LogP contribution < -0.4 is 0 Å². The van der Waals surface area contributed by atoms with Crippen LogP contribution in [0.1, 0.15) is 20.3 Å². The second kappa shape index (κ2) is 4.20. The summed E-state index contributed by atoms with van der Waals surface area (Å²) in [6, 6.07) is 0.165. The molecule has 0 aromatic rings. The molecule has 3 atom stereocenters. The van der Waals surface area contributed by atoms with E-state index in [-0.39, 0.29) is 17.9 Å². The maximum atomic E-state index is 12.0. The van der Waals surface area contributed by atoms with Crippen LogP contribution in [0.4, 0.5) is 0 Å². The maximum absolute atomic E-state index is 12.0. The molecule has 16 heavy (non-hydrogen) atoms. The predicted molar refractivity (Wildman–Crippen MR) is 63.2 cm³/mol. The smallest absolute Gasteiger partial charge is 0.232 e. The zero-order valence-electron chi connectivity index (χ0n) is 9.97. The molecule has 1 unspecified atom stereocenters. The van der Waals surface area contributed by atoms with E-state index in [1.807, 2.05) is 20.1 Å². The highest BCUT2D eigenvalue weighted by atomic mass is 32.2. The number of fused-ring (bicyclic) bond motifs is 1. The van der Waals surface area contributed by atoms with E-state index in [1.54, 1.807) is 16.7 Å². The molecule has 92 valence electrons. The minimum Gasteiger partial charge on any atom is -0.391 e. The molecule has 2 fully saturated rings. The molecule has 0 spiro atoms. The highest BCUT2D eigenvalue weighted by molar-refractivity contribution is 7.98. The number of rotatable bonds is 3. The zero-order chi connectivity index (χ0) is 11.9. The highest BCUT2D eigenvalue weighted by Crippen LogP contribution is 2.41. The topological polar surface area (TPSA) is 49.8 Å². The lowest BCUT2D eigenvalue weighted by Crippen LogP contribution is -2.73. The van der Waals surface area contributed by atoms with Gasteiger partial charge in [-0.1, -0.05) is 0 Å². The molecule has 0 radical (unpaired) electrons. The highest BCUT2D eigenvalue weighted by Gasteiger charge is 2.57. The van der Waals surface area contributed by atoms with E-state index >= 15 is 0 Å². The third-order valence-corrected chi connectivity index (χ3v) is 4.14. The quantitative estimate of drug-likeness (QED) is 0.743. The predicted octanol–water partition coefficient (Wildman–Crippen LogP) is 0.694. The molecule has 0 aliphatic carbocycles. The Morgan fingerprint density at radius 2 is 2.38 bits per heavy atom. The number of amides is 1. The molecule has 1 N–H and O–H groups in total. The van der Waals surface area contributed by atoms with Gasteiger partial charge in [-0.15, -0.1) is 0 Å². The summed E-state index contributed by atoms with van der Waals surface area (Å²) in [5.74, 6) is 0.453. The normalized spacial score (nSPS) is 34.2. The molecule has 5 heteroatoms. The van der Waals surface area contributed by atoms with Crippen molar-refractivity contribution in [3.05, 3.63) is 0 Å². The molecule has 2 rings (SSSR count). The molecule has 1 amide bonds. The molecule has 0 bridgehead atoms. The lowest BCUT2D eigenvalue weighted by atomic mass is 9.78. The van der Waals surface area contributed by atoms with Crippen molar-refractivity contribution in [2.45, 2.75) is 38.1 Å². The third-order valence-electron chi connectivity index (χ3n) is 3.47. The average Bonchev–Trinajstić information content (AvgIpc) is 2.15. The van der Waals surface area contributed by atoms with Crippen molar-refractivity contribution in [1.29, 1.82) is 0 Å². The van der Waals surface area contributed by atoms with Gasteiger partial charge in [0, 0.05) is 5.75 Å². The van der Waals surface area contributed by atoms with Crippen LogP contribution in [0.2, 0.25) is 0 Å². The fourth-order valence-corrected chi connectivity index (χ4v) is 3.28.